The van der Waals surface area contributed by atoms with E-state index < -0.39 is 27.0 Å². The number of carbonyl (C=O) groups excluding carboxylic acids is 1. The number of carbonyl (C=O) groups is 1. The van der Waals surface area contributed by atoms with Crippen LogP contribution in [0.1, 0.15) is 37.8 Å². The molecule has 192 valence electrons. The third-order valence-corrected chi connectivity index (χ3v) is 5.86. The summed E-state index contributed by atoms with van der Waals surface area (Å²) in [4.78, 5) is 40.1. The van der Waals surface area contributed by atoms with E-state index in [4.69, 9.17) is 4.84 Å². The average Bonchev–Trinajstić information content (AvgIpc) is 2.86. The highest BCUT2D eigenvalue weighted by Gasteiger charge is 2.29. The molecule has 0 saturated carbocycles. The maximum Gasteiger partial charge on any atom is 0.321 e. The second-order valence-corrected chi connectivity index (χ2v) is 8.93. The first-order chi connectivity index (χ1) is 17.1. The van der Waals surface area contributed by atoms with Crippen LogP contribution < -0.4 is 4.84 Å². The number of hydrogen-bond acceptors (Lipinski definition) is 8. The van der Waals surface area contributed by atoms with Crippen molar-refractivity contribution in [3.05, 3.63) is 79.0 Å². The predicted octanol–water partition coefficient (Wildman–Crippen LogP) is 3.82. The molecule has 1 aliphatic heterocycles. The van der Waals surface area contributed by atoms with Crippen LogP contribution in [0, 0.1) is 31.4 Å². The van der Waals surface area contributed by atoms with Crippen molar-refractivity contribution in [1.29, 1.82) is 0 Å². The molecule has 0 spiro atoms. The Bertz CT molecular complexity index is 1140. The Morgan fingerprint density at radius 3 is 2.17 bits per heavy atom. The van der Waals surface area contributed by atoms with E-state index in [1.807, 2.05) is 31.2 Å². The van der Waals surface area contributed by atoms with E-state index in [1.54, 1.807) is 4.90 Å². The summed E-state index contributed by atoms with van der Waals surface area (Å²) in [5, 5.41) is 39.0. The van der Waals surface area contributed by atoms with Gasteiger partial charge in [0.1, 0.15) is 0 Å². The highest BCUT2D eigenvalue weighted by molar-refractivity contribution is 5.83. The van der Waals surface area contributed by atoms with Crippen molar-refractivity contribution < 1.29 is 24.4 Å². The zero-order valence-electron chi connectivity index (χ0n) is 20.3. The van der Waals surface area contributed by atoms with Crippen molar-refractivity contribution >= 4 is 17.3 Å². The number of rotatable bonds is 9. The van der Waals surface area contributed by atoms with Gasteiger partial charge >= 0.3 is 5.69 Å². The molecule has 0 radical (unpaired) electrons. The predicted molar refractivity (Wildman–Crippen MR) is 128 cm³/mol. The number of hydrazine groups is 1. The molecule has 3 rings (SSSR count). The minimum atomic E-state index is -0.865. The van der Waals surface area contributed by atoms with E-state index >= 15 is 0 Å². The topological polar surface area (TPSA) is 157 Å². The third-order valence-electron chi connectivity index (χ3n) is 5.86. The lowest BCUT2D eigenvalue weighted by Gasteiger charge is -2.33. The summed E-state index contributed by atoms with van der Waals surface area (Å²) in [5.74, 6) is -0.233. The molecule has 0 bridgehead atoms. The zero-order valence-corrected chi connectivity index (χ0v) is 20.3. The van der Waals surface area contributed by atoms with Crippen molar-refractivity contribution in [3.8, 4) is 5.75 Å². The number of piperazine rings is 1. The summed E-state index contributed by atoms with van der Waals surface area (Å²) in [5.41, 5.74) is 0.966. The standard InChI is InChI=1S/C23H28N6O7/c1-16(2)14-18-4-6-19(7-5-18)17(3)23(30)25-10-12-26(13-11-25)29(35)24-36-22-9-8-20(27(31)32)15-21(22)28(33)34/h4-9,15-17H,10-14H2,1-3H3/b29-24+. The van der Waals surface area contributed by atoms with E-state index in [-0.39, 0.29) is 29.9 Å². The average molecular weight is 501 g/mol. The minimum Gasteiger partial charge on any atom is -0.569 e. The van der Waals surface area contributed by atoms with Gasteiger partial charge in [-0.05, 0) is 36.5 Å². The molecule has 2 aromatic carbocycles. The lowest BCUT2D eigenvalue weighted by Crippen LogP contribution is -2.51. The first-order valence-electron chi connectivity index (χ1n) is 11.5. The number of benzene rings is 2. The molecule has 1 amide bonds. The summed E-state index contributed by atoms with van der Waals surface area (Å²) in [6.07, 6.45) is 0.975. The Labute approximate surface area is 207 Å². The second kappa shape index (κ2) is 11.4. The fourth-order valence-corrected chi connectivity index (χ4v) is 3.89. The van der Waals surface area contributed by atoms with Gasteiger partial charge in [-0.15, -0.1) is 5.01 Å². The van der Waals surface area contributed by atoms with Crippen LogP contribution in [0.3, 0.4) is 0 Å². The van der Waals surface area contributed by atoms with E-state index in [2.05, 4.69) is 19.1 Å². The van der Waals surface area contributed by atoms with Gasteiger partial charge in [0.2, 0.25) is 16.9 Å². The van der Waals surface area contributed by atoms with Crippen LogP contribution in [-0.4, -0.2) is 56.8 Å². The molecule has 13 nitrogen and oxygen atoms in total. The molecule has 0 aromatic heterocycles. The van der Waals surface area contributed by atoms with Crippen LogP contribution in [0.2, 0.25) is 0 Å². The number of hydrogen-bond donors (Lipinski definition) is 0. The minimum absolute atomic E-state index is 0.0431. The van der Waals surface area contributed by atoms with Gasteiger partial charge < -0.3 is 10.1 Å². The molecule has 1 fully saturated rings. The van der Waals surface area contributed by atoms with Gasteiger partial charge in [0.15, 0.2) is 0 Å². The molecule has 0 N–H and O–H groups in total. The van der Waals surface area contributed by atoms with Gasteiger partial charge in [-0.1, -0.05) is 38.1 Å². The molecule has 13 heteroatoms. The quantitative estimate of drug-likeness (QED) is 0.217. The van der Waals surface area contributed by atoms with Crippen molar-refractivity contribution in [2.24, 2.45) is 11.2 Å². The molecule has 1 aliphatic rings. The van der Waals surface area contributed by atoms with Gasteiger partial charge in [0.05, 0.1) is 39.9 Å². The molecule has 1 heterocycles. The normalized spacial score (nSPS) is 15.1. The van der Waals surface area contributed by atoms with Crippen LogP contribution in [0.25, 0.3) is 0 Å². The number of nitrogens with zero attached hydrogens (tertiary/aromatic N) is 6. The zero-order chi connectivity index (χ0) is 26.4. The SMILES string of the molecule is CC(C)Cc1ccc(C(C)C(=O)N2CCN(/[N+]([O-])=N\Oc3ccc([N+](=O)[O-])cc3[N+](=O)[O-])CC2)cc1. The first-order valence-corrected chi connectivity index (χ1v) is 11.5. The fourth-order valence-electron chi connectivity index (χ4n) is 3.89. The van der Waals surface area contributed by atoms with Crippen LogP contribution in [0.15, 0.2) is 47.7 Å². The van der Waals surface area contributed by atoms with Gasteiger partial charge in [-0.3, -0.25) is 29.9 Å². The Hall–Kier alpha value is -4.29. The molecule has 1 saturated heterocycles. The molecular weight excluding hydrogens is 472 g/mol. The molecule has 36 heavy (non-hydrogen) atoms. The van der Waals surface area contributed by atoms with Crippen LogP contribution >= 0.6 is 0 Å². The van der Waals surface area contributed by atoms with Gasteiger partial charge in [-0.25, -0.2) is 0 Å². The third kappa shape index (κ3) is 6.43. The smallest absolute Gasteiger partial charge is 0.321 e. The molecule has 2 aromatic rings. The Morgan fingerprint density at radius 2 is 1.61 bits per heavy atom. The second-order valence-electron chi connectivity index (χ2n) is 8.93. The number of amides is 1. The van der Waals surface area contributed by atoms with Crippen LogP contribution in [0.5, 0.6) is 5.75 Å². The molecule has 1 atom stereocenters. The maximum atomic E-state index is 13.0. The maximum absolute atomic E-state index is 13.0. The van der Waals surface area contributed by atoms with Crippen molar-refractivity contribution in [3.63, 3.8) is 0 Å². The van der Waals surface area contributed by atoms with Crippen LogP contribution in [0.4, 0.5) is 11.4 Å². The van der Waals surface area contributed by atoms with Crippen molar-refractivity contribution in [1.82, 2.24) is 9.91 Å². The lowest BCUT2D eigenvalue weighted by molar-refractivity contribution is -0.708. The number of nitro benzene ring substituents is 2. The molecular formula is C23H28N6O7. The Morgan fingerprint density at radius 1 is 0.972 bits per heavy atom. The van der Waals surface area contributed by atoms with Crippen molar-refractivity contribution in [2.75, 3.05) is 26.2 Å². The van der Waals surface area contributed by atoms with E-state index in [0.29, 0.717) is 19.0 Å². The monoisotopic (exact) mass is 500 g/mol. The number of non-ortho nitro benzene ring substituents is 1. The fraction of sp³-hybridized carbons (Fsp3) is 0.435. The Kier molecular flexibility index (Phi) is 8.35. The Balaban J connectivity index is 1.58. The first kappa shape index (κ1) is 26.3. The summed E-state index contributed by atoms with van der Waals surface area (Å²) < 4.78 is 0. The molecule has 1 unspecified atom stereocenters. The summed E-state index contributed by atoms with van der Waals surface area (Å²) in [6, 6.07) is 10.8. The van der Waals surface area contributed by atoms with Gasteiger partial charge in [0, 0.05) is 19.2 Å². The summed E-state index contributed by atoms with van der Waals surface area (Å²) in [6.45, 7) is 7.12. The van der Waals surface area contributed by atoms with Gasteiger partial charge in [0.25, 0.3) is 5.69 Å². The summed E-state index contributed by atoms with van der Waals surface area (Å²) >= 11 is 0. The highest BCUT2D eigenvalue weighted by atomic mass is 16.7. The van der Waals surface area contributed by atoms with Crippen molar-refractivity contribution in [2.45, 2.75) is 33.1 Å². The van der Waals surface area contributed by atoms with E-state index in [9.17, 15) is 30.2 Å². The van der Waals surface area contributed by atoms with E-state index in [1.165, 1.54) is 10.6 Å². The van der Waals surface area contributed by atoms with E-state index in [0.717, 1.165) is 30.2 Å². The largest absolute Gasteiger partial charge is 0.569 e. The number of nitro groups is 2. The van der Waals surface area contributed by atoms with Crippen LogP contribution in [-0.2, 0) is 11.2 Å². The van der Waals surface area contributed by atoms with Gasteiger partial charge in [-0.2, -0.15) is 0 Å². The summed E-state index contributed by atoms with van der Waals surface area (Å²) in [7, 11) is 0. The lowest BCUT2D eigenvalue weighted by atomic mass is 9.96. The highest BCUT2D eigenvalue weighted by Crippen LogP contribution is 2.31. The molecule has 0 aliphatic carbocycles.